The molecule has 1 aliphatic heterocycles. The monoisotopic (exact) mass is 570 g/mol. The van der Waals surface area contributed by atoms with Crippen molar-refractivity contribution < 1.29 is 38.1 Å². The van der Waals surface area contributed by atoms with Crippen LogP contribution in [0, 0.1) is 26.0 Å². The summed E-state index contributed by atoms with van der Waals surface area (Å²) in [5.41, 5.74) is -1.51. The molecule has 15 heteroatoms. The first-order valence-corrected chi connectivity index (χ1v) is 11.6. The Morgan fingerprint density at radius 2 is 1.70 bits per heavy atom. The summed E-state index contributed by atoms with van der Waals surface area (Å²) >= 11 is 6.39. The molecular weight excluding hydrogens is 555 g/mol. The number of carbonyl (C=O) groups excluding carboxylic acids is 3. The molecule has 0 bridgehead atoms. The first kappa shape index (κ1) is 27.7. The van der Waals surface area contributed by atoms with E-state index in [1.807, 2.05) is 5.32 Å². The van der Waals surface area contributed by atoms with Crippen LogP contribution in [0.5, 0.6) is 17.2 Å². The predicted octanol–water partition coefficient (Wildman–Crippen LogP) is 5.15. The van der Waals surface area contributed by atoms with Gasteiger partial charge >= 0.3 is 11.7 Å². The van der Waals surface area contributed by atoms with Crippen LogP contribution in [0.4, 0.5) is 26.2 Å². The zero-order valence-electron chi connectivity index (χ0n) is 20.3. The van der Waals surface area contributed by atoms with Gasteiger partial charge in [-0.05, 0) is 61.0 Å². The predicted molar refractivity (Wildman–Crippen MR) is 138 cm³/mol. The molecule has 1 aliphatic rings. The lowest BCUT2D eigenvalue weighted by Crippen LogP contribution is -2.54. The number of nitrogens with zero attached hydrogens (tertiary/aromatic N) is 3. The number of anilines is 1. The van der Waals surface area contributed by atoms with E-state index in [2.05, 4.69) is 0 Å². The largest absolute Gasteiger partial charge is 0.490 e. The molecule has 0 atom stereocenters. The Hall–Kier alpha value is -5.37. The molecule has 40 heavy (non-hydrogen) atoms. The van der Waals surface area contributed by atoms with E-state index >= 15 is 0 Å². The number of barbiturate groups is 1. The maximum absolute atomic E-state index is 13.3. The molecule has 3 aromatic rings. The zero-order valence-corrected chi connectivity index (χ0v) is 21.0. The molecule has 4 rings (SSSR count). The lowest BCUT2D eigenvalue weighted by Gasteiger charge is -2.26. The van der Waals surface area contributed by atoms with E-state index in [0.29, 0.717) is 4.90 Å². The van der Waals surface area contributed by atoms with Crippen LogP contribution in [0.25, 0.3) is 6.08 Å². The number of urea groups is 1. The summed E-state index contributed by atoms with van der Waals surface area (Å²) in [5, 5.41) is 24.4. The van der Waals surface area contributed by atoms with Gasteiger partial charge in [0.25, 0.3) is 17.5 Å². The van der Waals surface area contributed by atoms with Crippen LogP contribution in [0.15, 0.2) is 60.2 Å². The molecule has 0 spiro atoms. The number of rotatable bonds is 8. The quantitative estimate of drug-likeness (QED) is 0.166. The first-order chi connectivity index (χ1) is 19.0. The second-order valence-electron chi connectivity index (χ2n) is 7.97. The zero-order chi connectivity index (χ0) is 29.1. The van der Waals surface area contributed by atoms with Gasteiger partial charge in [0.2, 0.25) is 5.75 Å². The van der Waals surface area contributed by atoms with Gasteiger partial charge in [0, 0.05) is 6.07 Å². The van der Waals surface area contributed by atoms with E-state index in [9.17, 15) is 39.0 Å². The molecule has 1 saturated heterocycles. The van der Waals surface area contributed by atoms with Gasteiger partial charge in [-0.3, -0.25) is 35.1 Å². The Morgan fingerprint density at radius 1 is 1.00 bits per heavy atom. The number of nitro benzene ring substituents is 2. The first-order valence-electron chi connectivity index (χ1n) is 11.2. The van der Waals surface area contributed by atoms with Crippen LogP contribution < -0.4 is 19.7 Å². The number of halogens is 2. The molecule has 0 radical (unpaired) electrons. The summed E-state index contributed by atoms with van der Waals surface area (Å²) in [5.74, 6) is -3.16. The summed E-state index contributed by atoms with van der Waals surface area (Å²) in [4.78, 5) is 59.5. The van der Waals surface area contributed by atoms with Gasteiger partial charge in [0.15, 0.2) is 11.5 Å². The van der Waals surface area contributed by atoms with Gasteiger partial charge in [-0.25, -0.2) is 14.1 Å². The lowest BCUT2D eigenvalue weighted by molar-refractivity contribution is -0.394. The molecule has 13 nitrogen and oxygen atoms in total. The minimum atomic E-state index is -1.03. The van der Waals surface area contributed by atoms with Gasteiger partial charge in [-0.1, -0.05) is 11.6 Å². The fourth-order valence-corrected chi connectivity index (χ4v) is 3.90. The summed E-state index contributed by atoms with van der Waals surface area (Å²) in [6, 6.07) is 8.79. The standard InChI is InChI=1S/C25H16ClFN4O9/c1-2-39-21-11-13(9-17-23(32)28-25(34)29(24(17)33)15-5-3-14(27)4-6-15)10-18(26)22(21)40-20-8-7-16(30(35)36)12-19(20)31(37)38/h3-12H,2H2,1H3,(H,28,32,34)/b17-9+. The van der Waals surface area contributed by atoms with E-state index in [4.69, 9.17) is 21.1 Å². The number of benzene rings is 3. The number of non-ortho nitro benzene ring substituents is 1. The molecule has 204 valence electrons. The molecule has 1 heterocycles. The number of imide groups is 2. The third-order valence-corrected chi connectivity index (χ3v) is 5.67. The van der Waals surface area contributed by atoms with Crippen LogP contribution in [0.1, 0.15) is 12.5 Å². The van der Waals surface area contributed by atoms with E-state index in [0.717, 1.165) is 36.4 Å². The van der Waals surface area contributed by atoms with Crippen LogP contribution in [0.2, 0.25) is 5.02 Å². The number of hydrogen-bond acceptors (Lipinski definition) is 9. The van der Waals surface area contributed by atoms with Gasteiger partial charge in [0.1, 0.15) is 11.4 Å². The summed E-state index contributed by atoms with van der Waals surface area (Å²) < 4.78 is 24.5. The maximum Gasteiger partial charge on any atom is 0.335 e. The van der Waals surface area contributed by atoms with Gasteiger partial charge < -0.3 is 9.47 Å². The Labute approximate surface area is 228 Å². The fourth-order valence-electron chi connectivity index (χ4n) is 3.64. The topological polar surface area (TPSA) is 171 Å². The van der Waals surface area contributed by atoms with Gasteiger partial charge in [0.05, 0.1) is 33.2 Å². The minimum Gasteiger partial charge on any atom is -0.490 e. The number of hydrogen-bond donors (Lipinski definition) is 1. The van der Waals surface area contributed by atoms with Crippen molar-refractivity contribution in [1.82, 2.24) is 5.32 Å². The van der Waals surface area contributed by atoms with Crippen LogP contribution >= 0.6 is 11.6 Å². The highest BCUT2D eigenvalue weighted by atomic mass is 35.5. The highest BCUT2D eigenvalue weighted by Gasteiger charge is 2.37. The third-order valence-electron chi connectivity index (χ3n) is 5.39. The van der Waals surface area contributed by atoms with Crippen molar-refractivity contribution in [3.05, 3.63) is 96.8 Å². The maximum atomic E-state index is 13.3. The molecule has 3 aromatic carbocycles. The average molecular weight is 571 g/mol. The number of nitrogens with one attached hydrogen (secondary N) is 1. The Balaban J connectivity index is 1.74. The minimum absolute atomic E-state index is 0.0174. The van der Waals surface area contributed by atoms with Gasteiger partial charge in [-0.2, -0.15) is 0 Å². The fraction of sp³-hybridized carbons (Fsp3) is 0.0800. The van der Waals surface area contributed by atoms with Gasteiger partial charge in [-0.15, -0.1) is 0 Å². The average Bonchev–Trinajstić information content (AvgIpc) is 2.89. The molecule has 0 aromatic heterocycles. The molecule has 0 saturated carbocycles. The number of ether oxygens (including phenoxy) is 2. The van der Waals surface area contributed by atoms with E-state index in [1.54, 1.807) is 6.92 Å². The highest BCUT2D eigenvalue weighted by molar-refractivity contribution is 6.39. The van der Waals surface area contributed by atoms with Crippen molar-refractivity contribution in [2.24, 2.45) is 0 Å². The van der Waals surface area contributed by atoms with Crippen molar-refractivity contribution in [1.29, 1.82) is 0 Å². The number of carbonyl (C=O) groups is 3. The van der Waals surface area contributed by atoms with Crippen LogP contribution in [-0.2, 0) is 9.59 Å². The Kier molecular flexibility index (Phi) is 7.72. The second-order valence-corrected chi connectivity index (χ2v) is 8.37. The van der Waals surface area contributed by atoms with Crippen molar-refractivity contribution in [2.45, 2.75) is 6.92 Å². The van der Waals surface area contributed by atoms with E-state index in [1.165, 1.54) is 24.3 Å². The lowest BCUT2D eigenvalue weighted by atomic mass is 10.1. The molecular formula is C25H16ClFN4O9. The van der Waals surface area contributed by atoms with Crippen molar-refractivity contribution in [3.63, 3.8) is 0 Å². The van der Waals surface area contributed by atoms with E-state index < -0.39 is 50.5 Å². The molecule has 0 aliphatic carbocycles. The Bertz CT molecular complexity index is 1610. The van der Waals surface area contributed by atoms with Crippen LogP contribution in [0.3, 0.4) is 0 Å². The van der Waals surface area contributed by atoms with Crippen LogP contribution in [-0.4, -0.2) is 34.3 Å². The Morgan fingerprint density at radius 3 is 2.33 bits per heavy atom. The normalized spacial score (nSPS) is 14.2. The molecule has 1 fully saturated rings. The highest BCUT2D eigenvalue weighted by Crippen LogP contribution is 2.43. The molecule has 4 amide bonds. The molecule has 1 N–H and O–H groups in total. The van der Waals surface area contributed by atoms with Crippen molar-refractivity contribution in [2.75, 3.05) is 11.5 Å². The van der Waals surface area contributed by atoms with Crippen molar-refractivity contribution in [3.8, 4) is 17.2 Å². The van der Waals surface area contributed by atoms with Crippen molar-refractivity contribution >= 4 is 52.6 Å². The summed E-state index contributed by atoms with van der Waals surface area (Å²) in [6.07, 6.45) is 1.13. The SMILES string of the molecule is CCOc1cc(/C=C2\C(=O)NC(=O)N(c3ccc(F)cc3)C2=O)cc(Cl)c1Oc1ccc([N+](=O)[O-])cc1[N+](=O)[O-]. The summed E-state index contributed by atoms with van der Waals surface area (Å²) in [7, 11) is 0. The number of nitro groups is 2. The molecule has 0 unspecified atom stereocenters. The second kappa shape index (κ2) is 11.2. The van der Waals surface area contributed by atoms with E-state index in [-0.39, 0.29) is 40.1 Å². The third kappa shape index (κ3) is 5.56. The summed E-state index contributed by atoms with van der Waals surface area (Å²) in [6.45, 7) is 1.71. The smallest absolute Gasteiger partial charge is 0.335 e. The number of amides is 4.